The Morgan fingerprint density at radius 1 is 1.33 bits per heavy atom. The summed E-state index contributed by atoms with van der Waals surface area (Å²) in [5.41, 5.74) is 0. The van der Waals surface area contributed by atoms with Crippen molar-refractivity contribution < 1.29 is 4.79 Å². The molecule has 1 amide bonds. The van der Waals surface area contributed by atoms with E-state index in [0.717, 1.165) is 32.0 Å². The summed E-state index contributed by atoms with van der Waals surface area (Å²) >= 11 is 0. The predicted molar refractivity (Wildman–Crippen MR) is 58.3 cm³/mol. The van der Waals surface area contributed by atoms with E-state index in [1.54, 1.807) is 0 Å². The van der Waals surface area contributed by atoms with Gasteiger partial charge in [-0.15, -0.1) is 0 Å². The van der Waals surface area contributed by atoms with Gasteiger partial charge in [-0.1, -0.05) is 6.92 Å². The standard InChI is InChI=1S/C12H20N2O/c1-7-3-10(7)12(15)14-6-9-4-13-5-11(9)8(14)2/h7-11,13H,3-6H2,1-2H3. The molecule has 1 aliphatic carbocycles. The van der Waals surface area contributed by atoms with Gasteiger partial charge in [0.05, 0.1) is 0 Å². The number of rotatable bonds is 1. The van der Waals surface area contributed by atoms with E-state index < -0.39 is 0 Å². The van der Waals surface area contributed by atoms with Crippen LogP contribution in [-0.2, 0) is 4.79 Å². The quantitative estimate of drug-likeness (QED) is 0.688. The Kier molecular flexibility index (Phi) is 2.06. The van der Waals surface area contributed by atoms with Gasteiger partial charge in [0.15, 0.2) is 0 Å². The molecule has 15 heavy (non-hydrogen) atoms. The molecule has 0 aromatic carbocycles. The molecule has 5 unspecified atom stereocenters. The van der Waals surface area contributed by atoms with Crippen LogP contribution in [-0.4, -0.2) is 36.5 Å². The van der Waals surface area contributed by atoms with Crippen LogP contribution in [0.4, 0.5) is 0 Å². The van der Waals surface area contributed by atoms with Crippen LogP contribution in [0.1, 0.15) is 20.3 Å². The first-order chi connectivity index (χ1) is 7.18. The highest BCUT2D eigenvalue weighted by atomic mass is 16.2. The van der Waals surface area contributed by atoms with E-state index in [1.165, 1.54) is 0 Å². The van der Waals surface area contributed by atoms with Gasteiger partial charge in [0, 0.05) is 31.6 Å². The van der Waals surface area contributed by atoms with Crippen LogP contribution in [0.5, 0.6) is 0 Å². The van der Waals surface area contributed by atoms with E-state index in [9.17, 15) is 4.79 Å². The molecule has 5 atom stereocenters. The van der Waals surface area contributed by atoms with Crippen LogP contribution >= 0.6 is 0 Å². The van der Waals surface area contributed by atoms with Crippen LogP contribution < -0.4 is 5.32 Å². The maximum absolute atomic E-state index is 12.2. The molecule has 0 aromatic heterocycles. The second-order valence-electron chi connectivity index (χ2n) is 5.63. The lowest BCUT2D eigenvalue weighted by Gasteiger charge is -2.24. The van der Waals surface area contributed by atoms with E-state index in [1.807, 2.05) is 0 Å². The van der Waals surface area contributed by atoms with Gasteiger partial charge in [-0.05, 0) is 31.1 Å². The molecule has 0 spiro atoms. The molecule has 0 aromatic rings. The minimum atomic E-state index is 0.360. The Morgan fingerprint density at radius 2 is 2.07 bits per heavy atom. The fourth-order valence-corrected chi connectivity index (χ4v) is 3.34. The van der Waals surface area contributed by atoms with Crippen molar-refractivity contribution in [2.45, 2.75) is 26.3 Å². The normalized spacial score (nSPS) is 48.1. The number of hydrogen-bond acceptors (Lipinski definition) is 2. The summed E-state index contributed by atoms with van der Waals surface area (Å²) < 4.78 is 0. The van der Waals surface area contributed by atoms with Gasteiger partial charge in [-0.3, -0.25) is 4.79 Å². The van der Waals surface area contributed by atoms with E-state index in [-0.39, 0.29) is 0 Å². The molecule has 84 valence electrons. The molecule has 2 saturated heterocycles. The topological polar surface area (TPSA) is 32.3 Å². The van der Waals surface area contributed by atoms with Crippen molar-refractivity contribution in [1.29, 1.82) is 0 Å². The molecule has 3 aliphatic rings. The highest BCUT2D eigenvalue weighted by Gasteiger charge is 2.49. The number of nitrogens with zero attached hydrogens (tertiary/aromatic N) is 1. The monoisotopic (exact) mass is 208 g/mol. The molecule has 3 rings (SSSR count). The second kappa shape index (κ2) is 3.21. The zero-order valence-electron chi connectivity index (χ0n) is 9.57. The summed E-state index contributed by atoms with van der Waals surface area (Å²) in [6.45, 7) is 7.63. The third-order valence-electron chi connectivity index (χ3n) is 4.64. The molecule has 2 aliphatic heterocycles. The van der Waals surface area contributed by atoms with Crippen molar-refractivity contribution in [3.05, 3.63) is 0 Å². The zero-order chi connectivity index (χ0) is 10.6. The third-order valence-corrected chi connectivity index (χ3v) is 4.64. The highest BCUT2D eigenvalue weighted by Crippen LogP contribution is 2.42. The van der Waals surface area contributed by atoms with Gasteiger partial charge in [-0.2, -0.15) is 0 Å². The Hall–Kier alpha value is -0.570. The molecule has 3 fully saturated rings. The summed E-state index contributed by atoms with van der Waals surface area (Å²) in [5.74, 6) is 2.87. The minimum absolute atomic E-state index is 0.360. The van der Waals surface area contributed by atoms with Gasteiger partial charge in [0.2, 0.25) is 5.91 Å². The van der Waals surface area contributed by atoms with Gasteiger partial charge in [-0.25, -0.2) is 0 Å². The van der Waals surface area contributed by atoms with Crippen LogP contribution in [0.15, 0.2) is 0 Å². The van der Waals surface area contributed by atoms with Crippen molar-refractivity contribution in [1.82, 2.24) is 10.2 Å². The minimum Gasteiger partial charge on any atom is -0.339 e. The van der Waals surface area contributed by atoms with Crippen molar-refractivity contribution in [3.8, 4) is 0 Å². The molecular weight excluding hydrogens is 188 g/mol. The largest absolute Gasteiger partial charge is 0.339 e. The molecule has 3 nitrogen and oxygen atoms in total. The summed E-state index contributed by atoms with van der Waals surface area (Å²) in [7, 11) is 0. The van der Waals surface area contributed by atoms with Crippen LogP contribution in [0.3, 0.4) is 0 Å². The van der Waals surface area contributed by atoms with Crippen LogP contribution in [0, 0.1) is 23.7 Å². The molecule has 1 saturated carbocycles. The summed E-state index contributed by atoms with van der Waals surface area (Å²) in [4.78, 5) is 14.3. The Morgan fingerprint density at radius 3 is 2.67 bits per heavy atom. The van der Waals surface area contributed by atoms with Crippen molar-refractivity contribution >= 4 is 5.91 Å². The third kappa shape index (κ3) is 1.40. The number of likely N-dealkylation sites (tertiary alicyclic amines) is 1. The Bertz CT molecular complexity index is 291. The molecule has 2 heterocycles. The lowest BCUT2D eigenvalue weighted by Crippen LogP contribution is -2.39. The number of carbonyl (C=O) groups excluding carboxylic acids is 1. The molecule has 0 radical (unpaired) electrons. The van der Waals surface area contributed by atoms with Crippen LogP contribution in [0.2, 0.25) is 0 Å². The zero-order valence-corrected chi connectivity index (χ0v) is 9.57. The number of hydrogen-bond donors (Lipinski definition) is 1. The van der Waals surface area contributed by atoms with Gasteiger partial charge >= 0.3 is 0 Å². The summed E-state index contributed by atoms with van der Waals surface area (Å²) in [5, 5.41) is 3.43. The summed E-state index contributed by atoms with van der Waals surface area (Å²) in [6, 6.07) is 0.463. The van der Waals surface area contributed by atoms with E-state index >= 15 is 0 Å². The first-order valence-electron chi connectivity index (χ1n) is 6.19. The number of nitrogens with one attached hydrogen (secondary N) is 1. The lowest BCUT2D eigenvalue weighted by atomic mass is 9.95. The van der Waals surface area contributed by atoms with Gasteiger partial charge in [0.25, 0.3) is 0 Å². The van der Waals surface area contributed by atoms with Gasteiger partial charge < -0.3 is 10.2 Å². The number of fused-ring (bicyclic) bond motifs is 1. The number of carbonyl (C=O) groups is 1. The highest BCUT2D eigenvalue weighted by molar-refractivity contribution is 5.82. The predicted octanol–water partition coefficient (Wildman–Crippen LogP) is 0.709. The molecular formula is C12H20N2O. The molecule has 0 bridgehead atoms. The Labute approximate surface area is 91.2 Å². The fraction of sp³-hybridized carbons (Fsp3) is 0.917. The van der Waals surface area contributed by atoms with Crippen molar-refractivity contribution in [2.24, 2.45) is 23.7 Å². The first kappa shape index (κ1) is 9.64. The van der Waals surface area contributed by atoms with Crippen molar-refractivity contribution in [2.75, 3.05) is 19.6 Å². The summed E-state index contributed by atoms with van der Waals surface area (Å²) in [6.07, 6.45) is 1.12. The van der Waals surface area contributed by atoms with Gasteiger partial charge in [0.1, 0.15) is 0 Å². The second-order valence-corrected chi connectivity index (χ2v) is 5.63. The number of amides is 1. The molecule has 1 N–H and O–H groups in total. The van der Waals surface area contributed by atoms with Crippen LogP contribution in [0.25, 0.3) is 0 Å². The van der Waals surface area contributed by atoms with Crippen molar-refractivity contribution in [3.63, 3.8) is 0 Å². The van der Waals surface area contributed by atoms with E-state index in [0.29, 0.717) is 29.7 Å². The molecule has 3 heteroatoms. The average Bonchev–Trinajstić information content (AvgIpc) is 2.66. The Balaban J connectivity index is 1.70. The smallest absolute Gasteiger partial charge is 0.226 e. The first-order valence-corrected chi connectivity index (χ1v) is 6.19. The SMILES string of the molecule is CC1CC1C(=O)N1CC2CNCC2C1C. The maximum atomic E-state index is 12.2. The maximum Gasteiger partial charge on any atom is 0.226 e. The fourth-order valence-electron chi connectivity index (χ4n) is 3.34. The lowest BCUT2D eigenvalue weighted by molar-refractivity contribution is -0.133. The average molecular weight is 208 g/mol. The van der Waals surface area contributed by atoms with E-state index in [4.69, 9.17) is 0 Å². The van der Waals surface area contributed by atoms with E-state index in [2.05, 4.69) is 24.1 Å².